The second-order valence-electron chi connectivity index (χ2n) is 6.87. The van der Waals surface area contributed by atoms with Crippen molar-refractivity contribution in [1.29, 1.82) is 0 Å². The zero-order valence-electron chi connectivity index (χ0n) is 16.1. The minimum atomic E-state index is -4.74. The summed E-state index contributed by atoms with van der Waals surface area (Å²) in [5.41, 5.74) is -0.867. The molecule has 0 aliphatic heterocycles. The quantitative estimate of drug-likeness (QED) is 0.423. The lowest BCUT2D eigenvalue weighted by Crippen LogP contribution is -2.31. The van der Waals surface area contributed by atoms with Crippen LogP contribution in [0.15, 0.2) is 29.3 Å². The lowest BCUT2D eigenvalue weighted by atomic mass is 10.0. The highest BCUT2D eigenvalue weighted by Crippen LogP contribution is 2.36. The summed E-state index contributed by atoms with van der Waals surface area (Å²) in [6.07, 6.45) is -8.20. The topological polar surface area (TPSA) is 52.0 Å². The Hall–Kier alpha value is -1.75. The Kier molecular flexibility index (Phi) is 6.87. The van der Waals surface area contributed by atoms with Crippen LogP contribution in [0.5, 0.6) is 0 Å². The molecular weight excluding hydrogens is 458 g/mol. The standard InChI is InChI=1S/C18H19ClF6N2O2S/c1-4-30(28,29)14-8-11(17(20,21)22)5-6-13(14)16-26-9-12(27(16)3)7-10(2)15(19)18(23,24)25/h5-6,8-10,15H,4,7H2,1-3H3. The Morgan fingerprint density at radius 3 is 2.27 bits per heavy atom. The van der Waals surface area contributed by atoms with Crippen LogP contribution in [0.4, 0.5) is 26.3 Å². The molecule has 2 aromatic rings. The molecule has 0 aliphatic carbocycles. The molecule has 2 unspecified atom stereocenters. The molecule has 4 nitrogen and oxygen atoms in total. The van der Waals surface area contributed by atoms with E-state index >= 15 is 0 Å². The molecule has 0 saturated heterocycles. The molecule has 0 spiro atoms. The summed E-state index contributed by atoms with van der Waals surface area (Å²) in [7, 11) is -2.60. The molecular formula is C18H19ClF6N2O2S. The molecule has 168 valence electrons. The smallest absolute Gasteiger partial charge is 0.331 e. The first-order valence-corrected chi connectivity index (χ1v) is 10.8. The Morgan fingerprint density at radius 1 is 1.17 bits per heavy atom. The van der Waals surface area contributed by atoms with Gasteiger partial charge in [-0.2, -0.15) is 26.3 Å². The van der Waals surface area contributed by atoms with Crippen molar-refractivity contribution in [1.82, 2.24) is 9.55 Å². The molecule has 0 amide bonds. The lowest BCUT2D eigenvalue weighted by Gasteiger charge is -2.21. The van der Waals surface area contributed by atoms with Crippen LogP contribution in [0.2, 0.25) is 0 Å². The molecule has 1 aromatic carbocycles. The van der Waals surface area contributed by atoms with Crippen molar-refractivity contribution in [3.63, 3.8) is 0 Å². The van der Waals surface area contributed by atoms with E-state index in [1.165, 1.54) is 31.7 Å². The average Bonchev–Trinajstić information content (AvgIpc) is 2.99. The first-order valence-electron chi connectivity index (χ1n) is 8.75. The molecule has 0 radical (unpaired) electrons. The SMILES string of the molecule is CCS(=O)(=O)c1cc(C(F)(F)F)ccc1-c1ncc(CC(C)C(Cl)C(F)(F)F)n1C. The zero-order valence-corrected chi connectivity index (χ0v) is 17.7. The monoisotopic (exact) mass is 476 g/mol. The van der Waals surface area contributed by atoms with Crippen molar-refractivity contribution in [2.45, 2.75) is 42.9 Å². The van der Waals surface area contributed by atoms with Crippen molar-refractivity contribution in [3.8, 4) is 11.4 Å². The molecule has 1 aromatic heterocycles. The van der Waals surface area contributed by atoms with Crippen LogP contribution in [0, 0.1) is 5.92 Å². The van der Waals surface area contributed by atoms with Gasteiger partial charge in [-0.1, -0.05) is 13.8 Å². The Morgan fingerprint density at radius 2 is 1.77 bits per heavy atom. The van der Waals surface area contributed by atoms with E-state index in [-0.39, 0.29) is 17.8 Å². The number of hydrogen-bond donors (Lipinski definition) is 0. The number of nitrogens with zero attached hydrogens (tertiary/aromatic N) is 2. The number of halogens is 7. The average molecular weight is 477 g/mol. The number of aromatic nitrogens is 2. The summed E-state index contributed by atoms with van der Waals surface area (Å²) in [6.45, 7) is 2.60. The second-order valence-corrected chi connectivity index (χ2v) is 9.59. The largest absolute Gasteiger partial charge is 0.416 e. The fourth-order valence-corrected chi connectivity index (χ4v) is 4.14. The van der Waals surface area contributed by atoms with E-state index in [0.29, 0.717) is 11.8 Å². The first-order chi connectivity index (χ1) is 13.6. The maximum Gasteiger partial charge on any atom is 0.416 e. The molecule has 0 aliphatic rings. The molecule has 0 N–H and O–H groups in total. The maximum absolute atomic E-state index is 13.1. The van der Waals surface area contributed by atoms with Crippen LogP contribution in [-0.4, -0.2) is 35.3 Å². The van der Waals surface area contributed by atoms with Gasteiger partial charge in [0.2, 0.25) is 0 Å². The van der Waals surface area contributed by atoms with Crippen LogP contribution in [0.25, 0.3) is 11.4 Å². The Balaban J connectivity index is 2.53. The van der Waals surface area contributed by atoms with Crippen LogP contribution >= 0.6 is 11.6 Å². The molecule has 2 rings (SSSR count). The molecule has 0 bridgehead atoms. The predicted molar refractivity (Wildman–Crippen MR) is 99.9 cm³/mol. The van der Waals surface area contributed by atoms with E-state index in [9.17, 15) is 34.8 Å². The van der Waals surface area contributed by atoms with Gasteiger partial charge in [-0.25, -0.2) is 13.4 Å². The van der Waals surface area contributed by atoms with Gasteiger partial charge in [-0.3, -0.25) is 0 Å². The number of benzene rings is 1. The van der Waals surface area contributed by atoms with Crippen molar-refractivity contribution in [2.75, 3.05) is 5.75 Å². The third kappa shape index (κ3) is 5.11. The molecule has 2 atom stereocenters. The van der Waals surface area contributed by atoms with Gasteiger partial charge >= 0.3 is 12.4 Å². The predicted octanol–water partition coefficient (Wildman–Crippen LogP) is 5.25. The lowest BCUT2D eigenvalue weighted by molar-refractivity contribution is -0.139. The third-order valence-corrected chi connectivity index (χ3v) is 7.14. The van der Waals surface area contributed by atoms with Crippen molar-refractivity contribution in [2.24, 2.45) is 13.0 Å². The number of alkyl halides is 7. The normalized spacial score (nSPS) is 15.3. The fraction of sp³-hybridized carbons (Fsp3) is 0.500. The Bertz CT molecular complexity index is 1010. The van der Waals surface area contributed by atoms with E-state index in [0.717, 1.165) is 12.1 Å². The fourth-order valence-electron chi connectivity index (χ4n) is 2.94. The minimum Gasteiger partial charge on any atom is -0.331 e. The van der Waals surface area contributed by atoms with Gasteiger partial charge in [0, 0.05) is 24.5 Å². The van der Waals surface area contributed by atoms with Crippen LogP contribution in [0.3, 0.4) is 0 Å². The van der Waals surface area contributed by atoms with Crippen LogP contribution in [-0.2, 0) is 29.5 Å². The highest BCUT2D eigenvalue weighted by Gasteiger charge is 2.42. The van der Waals surface area contributed by atoms with Gasteiger partial charge in [0.25, 0.3) is 0 Å². The molecule has 1 heterocycles. The highest BCUT2D eigenvalue weighted by atomic mass is 35.5. The van der Waals surface area contributed by atoms with Gasteiger partial charge in [-0.15, -0.1) is 11.6 Å². The van der Waals surface area contributed by atoms with Gasteiger partial charge in [-0.05, 0) is 30.5 Å². The summed E-state index contributed by atoms with van der Waals surface area (Å²) in [6, 6.07) is 2.28. The van der Waals surface area contributed by atoms with E-state index in [1.54, 1.807) is 0 Å². The minimum absolute atomic E-state index is 0.0241. The van der Waals surface area contributed by atoms with Gasteiger partial charge < -0.3 is 4.57 Å². The molecule has 0 saturated carbocycles. The van der Waals surface area contributed by atoms with Crippen molar-refractivity contribution >= 4 is 21.4 Å². The maximum atomic E-state index is 13.1. The van der Waals surface area contributed by atoms with E-state index in [4.69, 9.17) is 11.6 Å². The van der Waals surface area contributed by atoms with E-state index in [1.807, 2.05) is 0 Å². The number of rotatable bonds is 6. The van der Waals surface area contributed by atoms with Gasteiger partial charge in [0.15, 0.2) is 9.84 Å². The summed E-state index contributed by atoms with van der Waals surface area (Å²) < 4.78 is 104. The molecule has 12 heteroatoms. The first kappa shape index (κ1) is 24.5. The second kappa shape index (κ2) is 8.41. The van der Waals surface area contributed by atoms with Gasteiger partial charge in [0.1, 0.15) is 11.2 Å². The summed E-state index contributed by atoms with van der Waals surface area (Å²) in [4.78, 5) is 3.51. The molecule has 30 heavy (non-hydrogen) atoms. The third-order valence-electron chi connectivity index (χ3n) is 4.69. The van der Waals surface area contributed by atoms with E-state index < -0.39 is 49.7 Å². The number of hydrogen-bond acceptors (Lipinski definition) is 3. The van der Waals surface area contributed by atoms with Crippen LogP contribution < -0.4 is 0 Å². The molecule has 0 fully saturated rings. The zero-order chi connectivity index (χ0) is 23.1. The van der Waals surface area contributed by atoms with Crippen LogP contribution in [0.1, 0.15) is 25.1 Å². The van der Waals surface area contributed by atoms with Gasteiger partial charge in [0.05, 0.1) is 16.2 Å². The number of imidazole rings is 1. The van der Waals surface area contributed by atoms with Crippen molar-refractivity contribution in [3.05, 3.63) is 35.7 Å². The number of sulfone groups is 1. The summed E-state index contributed by atoms with van der Waals surface area (Å²) in [5.74, 6) is -1.42. The Labute approximate surface area is 174 Å². The highest BCUT2D eigenvalue weighted by molar-refractivity contribution is 7.91. The summed E-state index contributed by atoms with van der Waals surface area (Å²) >= 11 is 5.46. The van der Waals surface area contributed by atoms with Crippen molar-refractivity contribution < 1.29 is 34.8 Å². The van der Waals surface area contributed by atoms with E-state index in [2.05, 4.69) is 4.98 Å². The summed E-state index contributed by atoms with van der Waals surface area (Å²) in [5, 5.41) is -2.10.